The fourth-order valence-electron chi connectivity index (χ4n) is 1.35. The molecule has 0 fully saturated rings. The van der Waals surface area contributed by atoms with Crippen molar-refractivity contribution in [1.29, 1.82) is 0 Å². The van der Waals surface area contributed by atoms with Crippen LogP contribution in [0.25, 0.3) is 0 Å². The normalized spacial score (nSPS) is 15.2. The molecule has 0 amide bonds. The molecule has 0 heterocycles. The predicted octanol–water partition coefficient (Wildman–Crippen LogP) is 3.70. The van der Waals surface area contributed by atoms with Crippen LogP contribution in [0.2, 0.25) is 15.1 Å². The Bertz CT molecular complexity index is 380. The molecular weight excluding hydrogens is 270 g/mol. The van der Waals surface area contributed by atoms with Gasteiger partial charge >= 0.3 is 0 Å². The van der Waals surface area contributed by atoms with Gasteiger partial charge in [0.2, 0.25) is 0 Å². The molecule has 16 heavy (non-hydrogen) atoms. The molecule has 1 aromatic rings. The molecule has 0 saturated carbocycles. The van der Waals surface area contributed by atoms with Gasteiger partial charge in [0, 0.05) is 10.6 Å². The highest BCUT2D eigenvalue weighted by Gasteiger charge is 2.26. The molecule has 1 rings (SSSR count). The first-order valence-electron chi connectivity index (χ1n) is 4.85. The Balaban J connectivity index is 3.17. The van der Waals surface area contributed by atoms with Crippen molar-refractivity contribution in [2.45, 2.75) is 26.1 Å². The second-order valence-corrected chi connectivity index (χ2v) is 5.13. The van der Waals surface area contributed by atoms with E-state index in [1.54, 1.807) is 26.0 Å². The van der Waals surface area contributed by atoms with Crippen molar-refractivity contribution in [3.8, 4) is 0 Å². The molecule has 0 saturated heterocycles. The molecule has 2 atom stereocenters. The Labute approximate surface area is 110 Å². The lowest BCUT2D eigenvalue weighted by molar-refractivity contribution is -0.00928. The first kappa shape index (κ1) is 14.1. The first-order chi connectivity index (χ1) is 7.36. The standard InChI is InChI=1S/C11H13Cl3O2/c1-5(2)10(15)11(16)8-6(12)3-4-7(13)9(8)14/h3-5,10-11,15-16H,1-2H3/t10-,11+/m1/s1. The summed E-state index contributed by atoms with van der Waals surface area (Å²) in [6.07, 6.45) is -2.08. The summed E-state index contributed by atoms with van der Waals surface area (Å²) in [5, 5.41) is 20.5. The van der Waals surface area contributed by atoms with Crippen LogP contribution < -0.4 is 0 Å². The van der Waals surface area contributed by atoms with Crippen LogP contribution in [0.1, 0.15) is 25.5 Å². The molecule has 5 heteroatoms. The Kier molecular flexibility index (Phi) is 4.89. The molecule has 0 radical (unpaired) electrons. The Morgan fingerprint density at radius 2 is 1.50 bits per heavy atom. The van der Waals surface area contributed by atoms with E-state index in [4.69, 9.17) is 34.8 Å². The van der Waals surface area contributed by atoms with E-state index in [2.05, 4.69) is 0 Å². The molecule has 0 aliphatic carbocycles. The summed E-state index contributed by atoms with van der Waals surface area (Å²) in [5.41, 5.74) is 0.275. The third-order valence-electron chi connectivity index (χ3n) is 2.38. The van der Waals surface area contributed by atoms with E-state index in [9.17, 15) is 10.2 Å². The zero-order chi connectivity index (χ0) is 12.5. The van der Waals surface area contributed by atoms with E-state index in [0.29, 0.717) is 10.0 Å². The lowest BCUT2D eigenvalue weighted by atomic mass is 9.96. The molecular formula is C11H13Cl3O2. The van der Waals surface area contributed by atoms with Crippen LogP contribution in [-0.4, -0.2) is 16.3 Å². The number of hydrogen-bond donors (Lipinski definition) is 2. The zero-order valence-electron chi connectivity index (χ0n) is 8.92. The van der Waals surface area contributed by atoms with Crippen LogP contribution in [0.15, 0.2) is 12.1 Å². The van der Waals surface area contributed by atoms with E-state index in [0.717, 1.165) is 0 Å². The van der Waals surface area contributed by atoms with Crippen LogP contribution in [0.4, 0.5) is 0 Å². The minimum absolute atomic E-state index is 0.110. The van der Waals surface area contributed by atoms with Gasteiger partial charge in [0.05, 0.1) is 16.1 Å². The predicted molar refractivity (Wildman–Crippen MR) is 67.3 cm³/mol. The third kappa shape index (κ3) is 2.82. The average Bonchev–Trinajstić information content (AvgIpc) is 2.22. The SMILES string of the molecule is CC(C)[C@@H](O)[C@@H](O)c1c(Cl)ccc(Cl)c1Cl. The molecule has 0 aromatic heterocycles. The quantitative estimate of drug-likeness (QED) is 0.831. The lowest BCUT2D eigenvalue weighted by Crippen LogP contribution is -2.24. The van der Waals surface area contributed by atoms with Crippen LogP contribution in [-0.2, 0) is 0 Å². The highest BCUT2D eigenvalue weighted by atomic mass is 35.5. The number of rotatable bonds is 3. The van der Waals surface area contributed by atoms with Crippen molar-refractivity contribution in [2.24, 2.45) is 5.92 Å². The van der Waals surface area contributed by atoms with Gasteiger partial charge in [-0.1, -0.05) is 48.7 Å². The maximum Gasteiger partial charge on any atom is 0.108 e. The Hall–Kier alpha value is 0.01000. The summed E-state index contributed by atoms with van der Waals surface area (Å²) in [6, 6.07) is 3.09. The van der Waals surface area contributed by atoms with Crippen molar-refractivity contribution in [3.63, 3.8) is 0 Å². The third-order valence-corrected chi connectivity index (χ3v) is 3.53. The maximum atomic E-state index is 9.97. The van der Waals surface area contributed by atoms with Gasteiger partial charge in [-0.05, 0) is 18.1 Å². The van der Waals surface area contributed by atoms with Gasteiger partial charge < -0.3 is 10.2 Å². The number of benzene rings is 1. The highest BCUT2D eigenvalue weighted by Crippen LogP contribution is 2.37. The summed E-state index contributed by atoms with van der Waals surface area (Å²) in [6.45, 7) is 3.58. The van der Waals surface area contributed by atoms with Gasteiger partial charge in [-0.2, -0.15) is 0 Å². The van der Waals surface area contributed by atoms with E-state index in [-0.39, 0.29) is 16.5 Å². The number of aliphatic hydroxyl groups excluding tert-OH is 2. The zero-order valence-corrected chi connectivity index (χ0v) is 11.2. The van der Waals surface area contributed by atoms with Crippen molar-refractivity contribution >= 4 is 34.8 Å². The Morgan fingerprint density at radius 1 is 1.00 bits per heavy atom. The first-order valence-corrected chi connectivity index (χ1v) is 5.99. The molecule has 0 spiro atoms. The van der Waals surface area contributed by atoms with Crippen molar-refractivity contribution in [3.05, 3.63) is 32.8 Å². The molecule has 2 N–H and O–H groups in total. The monoisotopic (exact) mass is 282 g/mol. The fourth-order valence-corrected chi connectivity index (χ4v) is 2.11. The lowest BCUT2D eigenvalue weighted by Gasteiger charge is -2.23. The number of hydrogen-bond acceptors (Lipinski definition) is 2. The summed E-state index contributed by atoms with van der Waals surface area (Å²) < 4.78 is 0. The van der Waals surface area contributed by atoms with E-state index >= 15 is 0 Å². The minimum Gasteiger partial charge on any atom is -0.390 e. The van der Waals surface area contributed by atoms with Gasteiger partial charge in [0.1, 0.15) is 6.10 Å². The molecule has 0 aliphatic heterocycles. The Morgan fingerprint density at radius 3 is 2.00 bits per heavy atom. The summed E-state index contributed by atoms with van der Waals surface area (Å²) >= 11 is 17.7. The molecule has 1 aromatic carbocycles. The van der Waals surface area contributed by atoms with E-state index in [1.807, 2.05) is 0 Å². The minimum atomic E-state index is -1.14. The van der Waals surface area contributed by atoms with Gasteiger partial charge in [0.15, 0.2) is 0 Å². The topological polar surface area (TPSA) is 40.5 Å². The van der Waals surface area contributed by atoms with Crippen LogP contribution >= 0.6 is 34.8 Å². The average molecular weight is 284 g/mol. The number of aliphatic hydroxyl groups is 2. The highest BCUT2D eigenvalue weighted by molar-refractivity contribution is 6.44. The molecule has 0 bridgehead atoms. The maximum absolute atomic E-state index is 9.97. The van der Waals surface area contributed by atoms with Gasteiger partial charge in [-0.15, -0.1) is 0 Å². The van der Waals surface area contributed by atoms with Gasteiger partial charge in [-0.25, -0.2) is 0 Å². The van der Waals surface area contributed by atoms with Crippen LogP contribution in [0.3, 0.4) is 0 Å². The summed E-state index contributed by atoms with van der Waals surface area (Å²) in [5.74, 6) is -0.110. The molecule has 0 aliphatic rings. The second kappa shape index (κ2) is 5.56. The second-order valence-electron chi connectivity index (χ2n) is 3.94. The van der Waals surface area contributed by atoms with E-state index < -0.39 is 12.2 Å². The van der Waals surface area contributed by atoms with Crippen molar-refractivity contribution in [1.82, 2.24) is 0 Å². The summed E-state index contributed by atoms with van der Waals surface area (Å²) in [4.78, 5) is 0. The van der Waals surface area contributed by atoms with E-state index in [1.165, 1.54) is 0 Å². The number of halogens is 3. The van der Waals surface area contributed by atoms with Crippen LogP contribution in [0, 0.1) is 5.92 Å². The van der Waals surface area contributed by atoms with Crippen molar-refractivity contribution < 1.29 is 10.2 Å². The largest absolute Gasteiger partial charge is 0.390 e. The van der Waals surface area contributed by atoms with Crippen LogP contribution in [0.5, 0.6) is 0 Å². The van der Waals surface area contributed by atoms with Crippen molar-refractivity contribution in [2.75, 3.05) is 0 Å². The smallest absolute Gasteiger partial charge is 0.108 e. The molecule has 90 valence electrons. The fraction of sp³-hybridized carbons (Fsp3) is 0.455. The molecule has 0 unspecified atom stereocenters. The summed E-state index contributed by atoms with van der Waals surface area (Å²) in [7, 11) is 0. The van der Waals surface area contributed by atoms with Gasteiger partial charge in [0.25, 0.3) is 0 Å². The van der Waals surface area contributed by atoms with Gasteiger partial charge in [-0.3, -0.25) is 0 Å². The molecule has 2 nitrogen and oxygen atoms in total.